The van der Waals surface area contributed by atoms with Gasteiger partial charge >= 0.3 is 0 Å². The minimum Gasteiger partial charge on any atom is -0.309 e. The zero-order chi connectivity index (χ0) is 41.5. The van der Waals surface area contributed by atoms with Crippen LogP contribution in [0, 0.1) is 0 Å². The maximum Gasteiger partial charge on any atom is 0.238 e. The molecule has 0 radical (unpaired) electrons. The molecule has 0 unspecified atom stereocenters. The predicted molar refractivity (Wildman–Crippen MR) is 256 cm³/mol. The fourth-order valence-corrected chi connectivity index (χ4v) is 10.5. The molecule has 0 N–H and O–H groups in total. The Bertz CT molecular complexity index is 3450. The highest BCUT2D eigenvalue weighted by Gasteiger charge is 2.52. The van der Waals surface area contributed by atoms with Crippen molar-refractivity contribution in [2.45, 2.75) is 5.41 Å². The molecule has 2 aliphatic rings. The quantitative estimate of drug-likeness (QED) is 0.174. The molecule has 63 heavy (non-hydrogen) atoms. The molecule has 294 valence electrons. The van der Waals surface area contributed by atoms with E-state index in [4.69, 9.17) is 15.0 Å². The molecule has 0 saturated heterocycles. The lowest BCUT2D eigenvalue weighted by atomic mass is 9.64. The van der Waals surface area contributed by atoms with Crippen LogP contribution in [0.25, 0.3) is 72.5 Å². The summed E-state index contributed by atoms with van der Waals surface area (Å²) in [5.74, 6) is 1.82. The smallest absolute Gasteiger partial charge is 0.238 e. The first-order chi connectivity index (χ1) is 31.3. The highest BCUT2D eigenvalue weighted by molar-refractivity contribution is 6.18. The summed E-state index contributed by atoms with van der Waals surface area (Å²) in [5, 5.41) is 2.49. The number of fused-ring (bicyclic) bond motifs is 13. The molecule has 1 spiro atoms. The van der Waals surface area contributed by atoms with Crippen LogP contribution in [0.1, 0.15) is 22.3 Å². The third-order valence-electron chi connectivity index (χ3n) is 13.1. The van der Waals surface area contributed by atoms with E-state index in [2.05, 4.69) is 198 Å². The number of rotatable bonds is 5. The van der Waals surface area contributed by atoms with Crippen molar-refractivity contribution in [1.29, 1.82) is 0 Å². The number of para-hydroxylation sites is 3. The maximum atomic E-state index is 5.28. The van der Waals surface area contributed by atoms with Gasteiger partial charge in [-0.2, -0.15) is 9.97 Å². The van der Waals surface area contributed by atoms with Gasteiger partial charge in [-0.15, -0.1) is 0 Å². The molecular formula is C58H37N5. The maximum absolute atomic E-state index is 5.28. The van der Waals surface area contributed by atoms with E-state index in [-0.39, 0.29) is 0 Å². The van der Waals surface area contributed by atoms with Gasteiger partial charge in [0.15, 0.2) is 11.6 Å². The van der Waals surface area contributed by atoms with E-state index in [1.165, 1.54) is 66.3 Å². The van der Waals surface area contributed by atoms with Crippen LogP contribution in [0.5, 0.6) is 0 Å². The van der Waals surface area contributed by atoms with Gasteiger partial charge in [-0.25, -0.2) is 4.98 Å². The second-order valence-electron chi connectivity index (χ2n) is 16.3. The summed E-state index contributed by atoms with van der Waals surface area (Å²) in [4.78, 5) is 17.9. The van der Waals surface area contributed by atoms with Crippen LogP contribution in [-0.4, -0.2) is 19.5 Å². The van der Waals surface area contributed by atoms with Gasteiger partial charge in [0.25, 0.3) is 0 Å². The molecule has 0 fully saturated rings. The van der Waals surface area contributed by atoms with E-state index in [1.54, 1.807) is 0 Å². The first kappa shape index (κ1) is 35.4. The second-order valence-corrected chi connectivity index (χ2v) is 16.3. The van der Waals surface area contributed by atoms with Crippen molar-refractivity contribution >= 4 is 39.1 Å². The normalized spacial score (nSPS) is 13.2. The minimum absolute atomic E-state index is 0.570. The van der Waals surface area contributed by atoms with E-state index in [0.29, 0.717) is 17.6 Å². The van der Waals surface area contributed by atoms with Crippen LogP contribution in [0.4, 0.5) is 17.3 Å². The van der Waals surface area contributed by atoms with Crippen LogP contribution in [-0.2, 0) is 5.41 Å². The van der Waals surface area contributed by atoms with E-state index in [1.807, 2.05) is 36.4 Å². The average molecular weight is 804 g/mol. The first-order valence-corrected chi connectivity index (χ1v) is 21.5. The summed E-state index contributed by atoms with van der Waals surface area (Å²) in [5.41, 5.74) is 16.6. The molecule has 0 saturated carbocycles. The number of benzene rings is 9. The van der Waals surface area contributed by atoms with Gasteiger partial charge < -0.3 is 4.57 Å². The zero-order valence-corrected chi connectivity index (χ0v) is 34.1. The molecule has 13 rings (SSSR count). The third-order valence-corrected chi connectivity index (χ3v) is 13.1. The van der Waals surface area contributed by atoms with Gasteiger partial charge in [-0.1, -0.05) is 188 Å². The lowest BCUT2D eigenvalue weighted by Crippen LogP contribution is -2.36. The highest BCUT2D eigenvalue weighted by Crippen LogP contribution is 2.64. The molecule has 3 heterocycles. The second kappa shape index (κ2) is 13.8. The fraction of sp³-hybridized carbons (Fsp3) is 0.0172. The number of aromatic nitrogens is 4. The molecular weight excluding hydrogens is 767 g/mol. The molecule has 5 heteroatoms. The van der Waals surface area contributed by atoms with Crippen molar-refractivity contribution in [2.75, 3.05) is 4.90 Å². The monoisotopic (exact) mass is 803 g/mol. The van der Waals surface area contributed by atoms with Crippen molar-refractivity contribution in [3.05, 3.63) is 247 Å². The predicted octanol–water partition coefficient (Wildman–Crippen LogP) is 14.1. The average Bonchev–Trinajstić information content (AvgIpc) is 3.86. The van der Waals surface area contributed by atoms with E-state index in [0.717, 1.165) is 28.2 Å². The van der Waals surface area contributed by atoms with Crippen molar-refractivity contribution in [3.8, 4) is 50.7 Å². The molecule has 11 aromatic rings. The molecule has 5 nitrogen and oxygen atoms in total. The molecule has 0 atom stereocenters. The molecule has 1 aliphatic heterocycles. The lowest BCUT2D eigenvalue weighted by Gasteiger charge is -2.44. The van der Waals surface area contributed by atoms with Gasteiger partial charge in [0, 0.05) is 27.6 Å². The van der Waals surface area contributed by atoms with Gasteiger partial charge in [0.05, 0.1) is 27.8 Å². The van der Waals surface area contributed by atoms with Gasteiger partial charge in [0.1, 0.15) is 0 Å². The molecule has 0 amide bonds. The van der Waals surface area contributed by atoms with Gasteiger partial charge in [0.2, 0.25) is 5.95 Å². The molecule has 1 aliphatic carbocycles. The molecule has 0 bridgehead atoms. The van der Waals surface area contributed by atoms with Crippen LogP contribution in [0.15, 0.2) is 224 Å². The Morgan fingerprint density at radius 2 is 0.857 bits per heavy atom. The van der Waals surface area contributed by atoms with Crippen LogP contribution in [0.2, 0.25) is 0 Å². The SMILES string of the molecule is c1ccc(-c2ccc(-n3c4ccccc4c4c5c(ccc43)C3(c4ccccc4-5)c4ccccc4N(c4nc(-c5ccccc5)nc(-c5ccccc5)n4)c4ccccc43)cc2)cc1. The Hall–Kier alpha value is -8.41. The van der Waals surface area contributed by atoms with Crippen LogP contribution in [0.3, 0.4) is 0 Å². The number of nitrogens with zero attached hydrogens (tertiary/aromatic N) is 5. The number of hydrogen-bond acceptors (Lipinski definition) is 4. The number of anilines is 3. The number of hydrogen-bond donors (Lipinski definition) is 0. The largest absolute Gasteiger partial charge is 0.309 e. The Kier molecular flexibility index (Phi) is 7.75. The summed E-state index contributed by atoms with van der Waals surface area (Å²) in [6.45, 7) is 0. The summed E-state index contributed by atoms with van der Waals surface area (Å²) >= 11 is 0. The van der Waals surface area contributed by atoms with Gasteiger partial charge in [-0.3, -0.25) is 4.90 Å². The third kappa shape index (κ3) is 5.14. The summed E-state index contributed by atoms with van der Waals surface area (Å²) in [7, 11) is 0. The Balaban J connectivity index is 1.07. The first-order valence-electron chi connectivity index (χ1n) is 21.5. The Labute approximate surface area is 364 Å². The molecule has 9 aromatic carbocycles. The van der Waals surface area contributed by atoms with E-state index in [9.17, 15) is 0 Å². The Morgan fingerprint density at radius 3 is 1.49 bits per heavy atom. The van der Waals surface area contributed by atoms with Crippen LogP contribution >= 0.6 is 0 Å². The van der Waals surface area contributed by atoms with Crippen molar-refractivity contribution in [3.63, 3.8) is 0 Å². The van der Waals surface area contributed by atoms with E-state index >= 15 is 0 Å². The summed E-state index contributed by atoms with van der Waals surface area (Å²) in [6.07, 6.45) is 0. The topological polar surface area (TPSA) is 46.8 Å². The van der Waals surface area contributed by atoms with Crippen molar-refractivity contribution < 1.29 is 0 Å². The zero-order valence-electron chi connectivity index (χ0n) is 34.1. The Morgan fingerprint density at radius 1 is 0.349 bits per heavy atom. The standard InChI is InChI=1S/C58H37N5/c1-4-18-38(19-5-1)39-32-34-42(35-33-39)62-49-29-15-11-25-44(49)54-52(62)37-36-48-53(54)43-24-10-12-26-45(43)58(48)46-27-13-16-30-50(46)63(51-31-17-14-28-47(51)58)57-60-55(40-20-6-2-7-21-40)59-56(61-57)41-22-8-3-9-23-41/h1-37H. The van der Waals surface area contributed by atoms with Crippen molar-refractivity contribution in [1.82, 2.24) is 19.5 Å². The summed E-state index contributed by atoms with van der Waals surface area (Å²) < 4.78 is 2.44. The fourth-order valence-electron chi connectivity index (χ4n) is 10.5. The van der Waals surface area contributed by atoms with E-state index < -0.39 is 5.41 Å². The highest BCUT2D eigenvalue weighted by atomic mass is 15.3. The lowest BCUT2D eigenvalue weighted by molar-refractivity contribution is 0.749. The van der Waals surface area contributed by atoms with Crippen LogP contribution < -0.4 is 4.90 Å². The summed E-state index contributed by atoms with van der Waals surface area (Å²) in [6, 6.07) is 80.4. The minimum atomic E-state index is -0.637. The van der Waals surface area contributed by atoms with Gasteiger partial charge in [-0.05, 0) is 80.9 Å². The molecule has 2 aromatic heterocycles. The van der Waals surface area contributed by atoms with Crippen molar-refractivity contribution in [2.24, 2.45) is 0 Å².